The van der Waals surface area contributed by atoms with E-state index in [2.05, 4.69) is 126 Å². The molecule has 4 aromatic rings. The van der Waals surface area contributed by atoms with E-state index >= 15 is 0 Å². The van der Waals surface area contributed by atoms with Crippen LogP contribution in [0, 0.1) is 0 Å². The average Bonchev–Trinajstić information content (AvgIpc) is 3.72. The molecule has 8 bridgehead atoms. The van der Waals surface area contributed by atoms with Crippen LogP contribution in [-0.4, -0.2) is 35.5 Å². The van der Waals surface area contributed by atoms with E-state index in [1.165, 1.54) is 0 Å². The third-order valence-electron chi connectivity index (χ3n) is 6.99. The molecule has 2 aromatic carbocycles. The van der Waals surface area contributed by atoms with Gasteiger partial charge in [0.15, 0.2) is 0 Å². The maximum atomic E-state index is 5.08. The first-order valence-electron chi connectivity index (χ1n) is 12.4. The molecule has 0 radical (unpaired) electrons. The second-order valence-electron chi connectivity index (χ2n) is 9.56. The van der Waals surface area contributed by atoms with Crippen molar-refractivity contribution in [3.8, 4) is 0 Å². The fourth-order valence-corrected chi connectivity index (χ4v) is 5.10. The summed E-state index contributed by atoms with van der Waals surface area (Å²) in [4.78, 5) is 19.5. The van der Waals surface area contributed by atoms with Crippen LogP contribution in [0.4, 0.5) is 5.69 Å². The summed E-state index contributed by atoms with van der Waals surface area (Å²) in [5, 5.41) is 0. The highest BCUT2D eigenvalue weighted by atomic mass is 15.1. The van der Waals surface area contributed by atoms with E-state index in [9.17, 15) is 0 Å². The van der Waals surface area contributed by atoms with Crippen molar-refractivity contribution in [2.24, 2.45) is 9.98 Å². The topological polar surface area (TPSA) is 59.5 Å². The van der Waals surface area contributed by atoms with E-state index < -0.39 is 0 Å². The van der Waals surface area contributed by atoms with Gasteiger partial charge in [-0.15, -0.1) is 0 Å². The number of rotatable bonds is 3. The number of hydrogen-bond acceptors (Lipinski definition) is 3. The van der Waals surface area contributed by atoms with Crippen LogP contribution < -0.4 is 4.90 Å². The minimum atomic E-state index is 0.913. The zero-order valence-electron chi connectivity index (χ0n) is 20.7. The average molecular weight is 480 g/mol. The molecule has 0 fully saturated rings. The molecule has 5 heteroatoms. The zero-order chi connectivity index (χ0) is 24.9. The molecule has 0 unspecified atom stereocenters. The lowest BCUT2D eigenvalue weighted by atomic mass is 10.00. The Hall–Kier alpha value is -4.90. The molecule has 0 spiro atoms. The Morgan fingerprint density at radius 1 is 0.514 bits per heavy atom. The number of hydrogen-bond donors (Lipinski definition) is 2. The first-order valence-corrected chi connectivity index (χ1v) is 12.4. The van der Waals surface area contributed by atoms with E-state index in [0.717, 1.165) is 73.6 Å². The molecule has 0 saturated heterocycles. The smallest absolute Gasteiger partial charge is 0.0872 e. The molecule has 5 heterocycles. The number of aromatic nitrogens is 2. The normalized spacial score (nSPS) is 15.7. The number of H-pyrrole nitrogens is 2. The van der Waals surface area contributed by atoms with Crippen molar-refractivity contribution in [2.75, 3.05) is 19.0 Å². The lowest BCUT2D eigenvalue weighted by Crippen LogP contribution is -2.08. The summed E-state index contributed by atoms with van der Waals surface area (Å²) in [7, 11) is 4.11. The number of aromatic amines is 2. The van der Waals surface area contributed by atoms with Gasteiger partial charge in [-0.2, -0.15) is 0 Å². The van der Waals surface area contributed by atoms with Gasteiger partial charge in [-0.3, -0.25) is 0 Å². The van der Waals surface area contributed by atoms with Gasteiger partial charge < -0.3 is 14.9 Å². The first-order chi connectivity index (χ1) is 18.1. The predicted octanol–water partition coefficient (Wildman–Crippen LogP) is 6.36. The van der Waals surface area contributed by atoms with Crippen LogP contribution in [0.2, 0.25) is 0 Å². The quantitative estimate of drug-likeness (QED) is 0.353. The molecule has 178 valence electrons. The van der Waals surface area contributed by atoms with E-state index in [-0.39, 0.29) is 0 Å². The fraction of sp³-hybridized carbons (Fsp3) is 0.0625. The van der Waals surface area contributed by atoms with Gasteiger partial charge in [-0.25, -0.2) is 9.98 Å². The monoisotopic (exact) mass is 479 g/mol. The molecule has 3 aliphatic heterocycles. The minimum Gasteiger partial charge on any atom is -0.378 e. The maximum absolute atomic E-state index is 5.08. The number of allylic oxidation sites excluding steroid dienone is 4. The highest BCUT2D eigenvalue weighted by molar-refractivity contribution is 6.13. The second kappa shape index (κ2) is 8.35. The number of anilines is 1. The van der Waals surface area contributed by atoms with Gasteiger partial charge in [0.2, 0.25) is 0 Å². The Bertz CT molecular complexity index is 1710. The van der Waals surface area contributed by atoms with Crippen molar-refractivity contribution in [2.45, 2.75) is 0 Å². The molecule has 2 N–H and O–H groups in total. The van der Waals surface area contributed by atoms with Gasteiger partial charge in [0.25, 0.3) is 0 Å². The van der Waals surface area contributed by atoms with Crippen LogP contribution >= 0.6 is 0 Å². The Balaban J connectivity index is 1.45. The lowest BCUT2D eigenvalue weighted by Gasteiger charge is -2.14. The van der Waals surface area contributed by atoms with E-state index in [0.29, 0.717) is 0 Å². The van der Waals surface area contributed by atoms with E-state index in [4.69, 9.17) is 9.98 Å². The minimum absolute atomic E-state index is 0.913. The van der Waals surface area contributed by atoms with Crippen molar-refractivity contribution < 1.29 is 0 Å². The molecule has 5 nitrogen and oxygen atoms in total. The zero-order valence-corrected chi connectivity index (χ0v) is 20.7. The van der Waals surface area contributed by atoms with Gasteiger partial charge >= 0.3 is 0 Å². The third kappa shape index (κ3) is 3.64. The number of benzene rings is 2. The summed E-state index contributed by atoms with van der Waals surface area (Å²) in [5.41, 5.74) is 13.2. The maximum Gasteiger partial charge on any atom is 0.0872 e. The molecule has 37 heavy (non-hydrogen) atoms. The van der Waals surface area contributed by atoms with Gasteiger partial charge in [-0.1, -0.05) is 42.5 Å². The SMILES string of the molecule is CN(C)c1ccc(C2=C3C=CC(=N3)c3ccc([nH]3)C(c3ccccc3)=C3C=CC(=N3)c3ccc2[nH]3)cc1. The molecule has 0 saturated carbocycles. The Kier molecular flexibility index (Phi) is 4.83. The summed E-state index contributed by atoms with van der Waals surface area (Å²) in [6.45, 7) is 0. The first kappa shape index (κ1) is 21.4. The summed E-state index contributed by atoms with van der Waals surface area (Å²) in [6, 6.07) is 27.5. The van der Waals surface area contributed by atoms with Gasteiger partial charge in [0, 0.05) is 42.3 Å². The highest BCUT2D eigenvalue weighted by Crippen LogP contribution is 2.35. The van der Waals surface area contributed by atoms with Crippen molar-refractivity contribution >= 4 is 28.3 Å². The van der Waals surface area contributed by atoms with Gasteiger partial charge in [0.05, 0.1) is 34.2 Å². The second-order valence-corrected chi connectivity index (χ2v) is 9.56. The molecule has 2 aromatic heterocycles. The summed E-state index contributed by atoms with van der Waals surface area (Å²) in [6.07, 6.45) is 8.37. The van der Waals surface area contributed by atoms with Crippen LogP contribution in [0.3, 0.4) is 0 Å². The van der Waals surface area contributed by atoms with Crippen LogP contribution in [0.5, 0.6) is 0 Å². The standard InChI is InChI=1S/C32H25N5/c1-37(2)22-10-8-21(9-11-22)32-29-18-14-25(35-29)23-12-16-27(33-23)31(20-6-4-3-5-7-20)28-17-13-24(34-28)26-15-19-30(32)36-26/h3-19,33,36H,1-2H3. The Morgan fingerprint density at radius 2 is 1.00 bits per heavy atom. The molecular formula is C32H25N5. The molecule has 0 amide bonds. The Morgan fingerprint density at radius 3 is 1.51 bits per heavy atom. The largest absolute Gasteiger partial charge is 0.378 e. The third-order valence-corrected chi connectivity index (χ3v) is 6.99. The van der Waals surface area contributed by atoms with E-state index in [1.54, 1.807) is 0 Å². The summed E-state index contributed by atoms with van der Waals surface area (Å²) < 4.78 is 0. The van der Waals surface area contributed by atoms with Crippen LogP contribution in [0.15, 0.2) is 125 Å². The number of fused-ring (bicyclic) bond motifs is 8. The summed E-state index contributed by atoms with van der Waals surface area (Å²) in [5.74, 6) is 0. The van der Waals surface area contributed by atoms with Crippen LogP contribution in [-0.2, 0) is 0 Å². The highest BCUT2D eigenvalue weighted by Gasteiger charge is 2.22. The molecule has 7 rings (SSSR count). The lowest BCUT2D eigenvalue weighted by molar-refractivity contribution is 1.13. The molecule has 0 atom stereocenters. The molecule has 0 aliphatic carbocycles. The van der Waals surface area contributed by atoms with Crippen LogP contribution in [0.1, 0.15) is 33.9 Å². The van der Waals surface area contributed by atoms with Crippen molar-refractivity contribution in [3.63, 3.8) is 0 Å². The number of nitrogens with zero attached hydrogens (tertiary/aromatic N) is 3. The summed E-state index contributed by atoms with van der Waals surface area (Å²) >= 11 is 0. The van der Waals surface area contributed by atoms with E-state index in [1.807, 2.05) is 6.07 Å². The number of aliphatic imine (C=N–C) groups is 2. The van der Waals surface area contributed by atoms with Crippen LogP contribution in [0.25, 0.3) is 11.1 Å². The Labute approximate surface area is 215 Å². The van der Waals surface area contributed by atoms with Crippen molar-refractivity contribution in [3.05, 3.63) is 148 Å². The fourth-order valence-electron chi connectivity index (χ4n) is 5.10. The number of nitrogens with one attached hydrogen (secondary N) is 2. The molecular weight excluding hydrogens is 454 g/mol. The van der Waals surface area contributed by atoms with Gasteiger partial charge in [-0.05, 0) is 71.8 Å². The van der Waals surface area contributed by atoms with Crippen molar-refractivity contribution in [1.82, 2.24) is 9.97 Å². The molecule has 3 aliphatic rings. The van der Waals surface area contributed by atoms with Gasteiger partial charge in [0.1, 0.15) is 0 Å². The van der Waals surface area contributed by atoms with Crippen molar-refractivity contribution in [1.29, 1.82) is 0 Å². The predicted molar refractivity (Wildman–Crippen MR) is 152 cm³/mol.